The van der Waals surface area contributed by atoms with E-state index in [1.54, 1.807) is 18.2 Å². The molecule has 1 saturated carbocycles. The second-order valence-electron chi connectivity index (χ2n) is 6.55. The summed E-state index contributed by atoms with van der Waals surface area (Å²) >= 11 is 12.2. The van der Waals surface area contributed by atoms with Gasteiger partial charge in [-0.25, -0.2) is 4.90 Å². The molecule has 2 aliphatic carbocycles. The lowest BCUT2D eigenvalue weighted by Crippen LogP contribution is -2.33. The highest BCUT2D eigenvalue weighted by Gasteiger charge is 2.62. The van der Waals surface area contributed by atoms with Crippen LogP contribution < -0.4 is 4.90 Å². The van der Waals surface area contributed by atoms with E-state index in [-0.39, 0.29) is 35.5 Å². The number of imide groups is 1. The van der Waals surface area contributed by atoms with Crippen LogP contribution in [0.1, 0.15) is 13.8 Å². The number of carbonyl (C=O) groups excluding carboxylic acids is 2. The van der Waals surface area contributed by atoms with Gasteiger partial charge in [-0.1, -0.05) is 46.5 Å². The number of benzene rings is 1. The Labute approximate surface area is 144 Å². The van der Waals surface area contributed by atoms with E-state index in [1.807, 2.05) is 13.8 Å². The minimum absolute atomic E-state index is 0.0365. The van der Waals surface area contributed by atoms with Gasteiger partial charge < -0.3 is 0 Å². The molecule has 3 aliphatic rings. The third kappa shape index (κ3) is 1.90. The molecule has 2 amide bonds. The molecule has 1 aromatic rings. The van der Waals surface area contributed by atoms with Crippen molar-refractivity contribution in [2.75, 3.05) is 4.90 Å². The van der Waals surface area contributed by atoms with Crippen molar-refractivity contribution in [1.82, 2.24) is 0 Å². The molecule has 2 bridgehead atoms. The maximum Gasteiger partial charge on any atom is 0.238 e. The molecule has 0 radical (unpaired) electrons. The Hall–Kier alpha value is -1.58. The lowest BCUT2D eigenvalue weighted by molar-refractivity contribution is -0.122. The zero-order valence-electron chi connectivity index (χ0n) is 12.7. The SMILES string of the molecule is CC(C)=C1[C@H]2C=C[C@H]1[C@H]1C(=O)N(c3cc(Cl)ccc3Cl)C(=O)[C@@H]12. The lowest BCUT2D eigenvalue weighted by Gasteiger charge is -2.20. The van der Waals surface area contributed by atoms with Crippen LogP contribution in [-0.2, 0) is 9.59 Å². The Morgan fingerprint density at radius 1 is 1.00 bits per heavy atom. The summed E-state index contributed by atoms with van der Waals surface area (Å²) < 4.78 is 0. The number of rotatable bonds is 1. The van der Waals surface area contributed by atoms with Crippen LogP contribution in [0.5, 0.6) is 0 Å². The van der Waals surface area contributed by atoms with Gasteiger partial charge in [-0.2, -0.15) is 0 Å². The maximum atomic E-state index is 13.0. The number of carbonyl (C=O) groups is 2. The summed E-state index contributed by atoms with van der Waals surface area (Å²) in [6, 6.07) is 4.84. The zero-order valence-corrected chi connectivity index (χ0v) is 14.2. The van der Waals surface area contributed by atoms with Gasteiger partial charge in [0, 0.05) is 16.9 Å². The number of allylic oxidation sites excluding steroid dienone is 4. The molecule has 4 atom stereocenters. The van der Waals surface area contributed by atoms with Crippen molar-refractivity contribution in [3.8, 4) is 0 Å². The monoisotopic (exact) mass is 347 g/mol. The number of fused-ring (bicyclic) bond motifs is 5. The highest BCUT2D eigenvalue weighted by atomic mass is 35.5. The Kier molecular flexibility index (Phi) is 3.23. The van der Waals surface area contributed by atoms with Crippen LogP contribution in [0, 0.1) is 23.7 Å². The third-order valence-electron chi connectivity index (χ3n) is 5.14. The van der Waals surface area contributed by atoms with Crippen molar-refractivity contribution in [3.05, 3.63) is 51.5 Å². The number of hydrogen-bond donors (Lipinski definition) is 0. The van der Waals surface area contributed by atoms with Gasteiger partial charge in [-0.15, -0.1) is 0 Å². The van der Waals surface area contributed by atoms with E-state index in [2.05, 4.69) is 12.2 Å². The summed E-state index contributed by atoms with van der Waals surface area (Å²) in [5.74, 6) is -0.877. The van der Waals surface area contributed by atoms with Gasteiger partial charge in [-0.05, 0) is 32.0 Å². The van der Waals surface area contributed by atoms with Gasteiger partial charge in [0.1, 0.15) is 0 Å². The first-order valence-corrected chi connectivity index (χ1v) is 8.36. The van der Waals surface area contributed by atoms with Crippen LogP contribution in [0.2, 0.25) is 10.0 Å². The molecule has 4 rings (SSSR count). The second-order valence-corrected chi connectivity index (χ2v) is 7.39. The van der Waals surface area contributed by atoms with Gasteiger partial charge >= 0.3 is 0 Å². The summed E-state index contributed by atoms with van der Waals surface area (Å²) in [7, 11) is 0. The molecule has 23 heavy (non-hydrogen) atoms. The fourth-order valence-corrected chi connectivity index (χ4v) is 4.69. The number of nitrogens with zero attached hydrogens (tertiary/aromatic N) is 1. The molecule has 1 aliphatic heterocycles. The molecule has 1 aromatic carbocycles. The summed E-state index contributed by atoms with van der Waals surface area (Å²) in [6.45, 7) is 4.09. The van der Waals surface area contributed by atoms with Crippen molar-refractivity contribution in [2.45, 2.75) is 13.8 Å². The van der Waals surface area contributed by atoms with Crippen molar-refractivity contribution in [2.24, 2.45) is 23.7 Å². The van der Waals surface area contributed by atoms with Gasteiger partial charge in [0.05, 0.1) is 22.5 Å². The highest BCUT2D eigenvalue weighted by molar-refractivity contribution is 6.37. The summed E-state index contributed by atoms with van der Waals surface area (Å²) in [4.78, 5) is 27.2. The molecule has 0 N–H and O–H groups in total. The predicted molar refractivity (Wildman–Crippen MR) is 90.4 cm³/mol. The molecule has 0 unspecified atom stereocenters. The van der Waals surface area contributed by atoms with Crippen LogP contribution in [-0.4, -0.2) is 11.8 Å². The van der Waals surface area contributed by atoms with Gasteiger partial charge in [-0.3, -0.25) is 9.59 Å². The van der Waals surface area contributed by atoms with Crippen LogP contribution in [0.15, 0.2) is 41.5 Å². The summed E-state index contributed by atoms with van der Waals surface area (Å²) in [5.41, 5.74) is 2.83. The molecule has 0 spiro atoms. The maximum absolute atomic E-state index is 13.0. The van der Waals surface area contributed by atoms with Crippen molar-refractivity contribution in [1.29, 1.82) is 0 Å². The first kappa shape index (κ1) is 15.0. The molecule has 118 valence electrons. The molecule has 1 heterocycles. The van der Waals surface area contributed by atoms with E-state index in [1.165, 1.54) is 16.0 Å². The van der Waals surface area contributed by atoms with Crippen LogP contribution in [0.3, 0.4) is 0 Å². The van der Waals surface area contributed by atoms with E-state index >= 15 is 0 Å². The lowest BCUT2D eigenvalue weighted by atomic mass is 9.85. The van der Waals surface area contributed by atoms with E-state index in [0.717, 1.165) is 0 Å². The van der Waals surface area contributed by atoms with Crippen LogP contribution >= 0.6 is 23.2 Å². The molecule has 3 nitrogen and oxygen atoms in total. The average molecular weight is 348 g/mol. The Bertz CT molecular complexity index is 773. The predicted octanol–water partition coefficient (Wildman–Crippen LogP) is 4.25. The second kappa shape index (κ2) is 4.96. The fourth-order valence-electron chi connectivity index (χ4n) is 4.32. The minimum atomic E-state index is -0.308. The Balaban J connectivity index is 1.80. The van der Waals surface area contributed by atoms with Crippen molar-refractivity contribution < 1.29 is 9.59 Å². The first-order valence-electron chi connectivity index (χ1n) is 7.60. The number of amides is 2. The van der Waals surface area contributed by atoms with E-state index in [9.17, 15) is 9.59 Å². The molecule has 0 aromatic heterocycles. The van der Waals surface area contributed by atoms with E-state index in [4.69, 9.17) is 23.2 Å². The number of hydrogen-bond acceptors (Lipinski definition) is 2. The third-order valence-corrected chi connectivity index (χ3v) is 5.70. The summed E-state index contributed by atoms with van der Waals surface area (Å²) in [5, 5.41) is 0.812. The average Bonchev–Trinajstić information content (AvgIpc) is 3.13. The number of halogens is 2. The van der Waals surface area contributed by atoms with Gasteiger partial charge in [0.15, 0.2) is 0 Å². The van der Waals surface area contributed by atoms with E-state index in [0.29, 0.717) is 15.7 Å². The highest BCUT2D eigenvalue weighted by Crippen LogP contribution is 2.57. The van der Waals surface area contributed by atoms with Gasteiger partial charge in [0.25, 0.3) is 0 Å². The number of anilines is 1. The topological polar surface area (TPSA) is 37.4 Å². The molecule has 2 fully saturated rings. The van der Waals surface area contributed by atoms with E-state index < -0.39 is 0 Å². The summed E-state index contributed by atoms with van der Waals surface area (Å²) in [6.07, 6.45) is 4.14. The molecular weight excluding hydrogens is 333 g/mol. The normalized spacial score (nSPS) is 31.3. The first-order chi connectivity index (χ1) is 10.9. The van der Waals surface area contributed by atoms with Crippen molar-refractivity contribution >= 4 is 40.7 Å². The van der Waals surface area contributed by atoms with Crippen LogP contribution in [0.25, 0.3) is 0 Å². The standard InChI is InChI=1S/C18H15Cl2NO2/c1-8(2)14-10-4-5-11(14)16-15(10)17(22)21(18(16)23)13-7-9(19)3-6-12(13)20/h3-7,10-11,15-16H,1-2H3/t10-,11-,15-,16-/m1/s1. The quantitative estimate of drug-likeness (QED) is 0.562. The smallest absolute Gasteiger partial charge is 0.238 e. The Morgan fingerprint density at radius 3 is 2.09 bits per heavy atom. The zero-order chi connectivity index (χ0) is 16.5. The minimum Gasteiger partial charge on any atom is -0.274 e. The van der Waals surface area contributed by atoms with Gasteiger partial charge in [0.2, 0.25) is 11.8 Å². The molecular formula is C18H15Cl2NO2. The largest absolute Gasteiger partial charge is 0.274 e. The Morgan fingerprint density at radius 2 is 1.57 bits per heavy atom. The molecule has 1 saturated heterocycles. The van der Waals surface area contributed by atoms with Crippen molar-refractivity contribution in [3.63, 3.8) is 0 Å². The van der Waals surface area contributed by atoms with Crippen LogP contribution in [0.4, 0.5) is 5.69 Å². The fraction of sp³-hybridized carbons (Fsp3) is 0.333. The molecule has 5 heteroatoms.